The largest absolute Gasteiger partial charge is 0.478 e. The Morgan fingerprint density at radius 3 is 2.68 bits per heavy atom. The summed E-state index contributed by atoms with van der Waals surface area (Å²) < 4.78 is 5.89. The van der Waals surface area contributed by atoms with Gasteiger partial charge in [-0.3, -0.25) is 10.1 Å². The van der Waals surface area contributed by atoms with Gasteiger partial charge in [0.2, 0.25) is 0 Å². The Morgan fingerprint density at radius 1 is 1.18 bits per heavy atom. The molecule has 0 aliphatic rings. The lowest BCUT2D eigenvalue weighted by Crippen LogP contribution is -2.42. The quantitative estimate of drug-likeness (QED) is 0.789. The fraction of sp³-hybridized carbons (Fsp3) is 0.176. The summed E-state index contributed by atoms with van der Waals surface area (Å²) in [4.78, 5) is 16.4. The molecule has 0 spiro atoms. The van der Waals surface area contributed by atoms with Crippen molar-refractivity contribution in [2.75, 3.05) is 5.32 Å². The highest BCUT2D eigenvalue weighted by Gasteiger charge is 2.30. The third-order valence-electron chi connectivity index (χ3n) is 3.29. The second kappa shape index (κ2) is 5.77. The number of fused-ring (bicyclic) bond motifs is 1. The number of anilines is 1. The molecule has 0 aliphatic heterocycles. The Morgan fingerprint density at radius 2 is 1.95 bits per heavy atom. The first kappa shape index (κ1) is 14.5. The maximum absolute atomic E-state index is 12.3. The number of benzene rings is 2. The molecule has 22 heavy (non-hydrogen) atoms. The lowest BCUT2D eigenvalue weighted by atomic mass is 10.1. The number of rotatable bonds is 4. The van der Waals surface area contributed by atoms with Crippen LogP contribution in [0.15, 0.2) is 54.0 Å². The first-order valence-electron chi connectivity index (χ1n) is 6.93. The van der Waals surface area contributed by atoms with Gasteiger partial charge in [0.1, 0.15) is 5.75 Å². The number of ether oxygens (including phenoxy) is 1. The molecule has 3 rings (SSSR count). The molecule has 1 N–H and O–H groups in total. The van der Waals surface area contributed by atoms with Gasteiger partial charge in [0.05, 0.1) is 0 Å². The smallest absolute Gasteiger partial charge is 0.269 e. The number of hydrogen-bond acceptors (Lipinski definition) is 4. The molecule has 1 amide bonds. The summed E-state index contributed by atoms with van der Waals surface area (Å²) in [6.07, 6.45) is 1.65. The average Bonchev–Trinajstić information content (AvgIpc) is 2.99. The molecule has 0 saturated heterocycles. The second-order valence-corrected chi connectivity index (χ2v) is 6.31. The maximum atomic E-state index is 12.3. The Hall–Kier alpha value is -2.40. The van der Waals surface area contributed by atoms with Gasteiger partial charge in [0.15, 0.2) is 10.7 Å². The molecule has 3 aromatic rings. The van der Waals surface area contributed by atoms with Gasteiger partial charge >= 0.3 is 0 Å². The Kier molecular flexibility index (Phi) is 3.81. The van der Waals surface area contributed by atoms with E-state index in [2.05, 4.69) is 10.3 Å². The van der Waals surface area contributed by atoms with E-state index in [1.165, 1.54) is 11.3 Å². The summed E-state index contributed by atoms with van der Waals surface area (Å²) in [5, 5.41) is 7.36. The lowest BCUT2D eigenvalue weighted by Gasteiger charge is -2.25. The number of carbonyl (C=O) groups excluding carboxylic acids is 1. The molecule has 1 aromatic heterocycles. The molecule has 1 heterocycles. The first-order valence-corrected chi connectivity index (χ1v) is 7.81. The van der Waals surface area contributed by atoms with Gasteiger partial charge in [-0.05, 0) is 36.8 Å². The molecule has 0 bridgehead atoms. The van der Waals surface area contributed by atoms with E-state index >= 15 is 0 Å². The van der Waals surface area contributed by atoms with Crippen LogP contribution in [0.3, 0.4) is 0 Å². The van der Waals surface area contributed by atoms with Gasteiger partial charge in [-0.2, -0.15) is 0 Å². The summed E-state index contributed by atoms with van der Waals surface area (Å²) in [6.45, 7) is 3.48. The van der Waals surface area contributed by atoms with Gasteiger partial charge in [-0.1, -0.05) is 30.3 Å². The van der Waals surface area contributed by atoms with E-state index in [0.29, 0.717) is 10.9 Å². The predicted octanol–water partition coefficient (Wildman–Crippen LogP) is 4.09. The van der Waals surface area contributed by atoms with Crippen molar-refractivity contribution in [3.05, 3.63) is 54.0 Å². The molecule has 2 aromatic carbocycles. The van der Waals surface area contributed by atoms with Crippen LogP contribution in [0, 0.1) is 0 Å². The molecule has 5 heteroatoms. The van der Waals surface area contributed by atoms with Crippen molar-refractivity contribution in [2.45, 2.75) is 19.4 Å². The molecule has 0 saturated carbocycles. The summed E-state index contributed by atoms with van der Waals surface area (Å²) in [7, 11) is 0. The molecule has 0 atom stereocenters. The van der Waals surface area contributed by atoms with Crippen LogP contribution in [-0.4, -0.2) is 16.5 Å². The van der Waals surface area contributed by atoms with E-state index < -0.39 is 5.60 Å². The third-order valence-corrected chi connectivity index (χ3v) is 3.98. The monoisotopic (exact) mass is 312 g/mol. The van der Waals surface area contributed by atoms with Crippen molar-refractivity contribution in [1.29, 1.82) is 0 Å². The second-order valence-electron chi connectivity index (χ2n) is 5.41. The maximum Gasteiger partial charge on any atom is 0.269 e. The number of aromatic nitrogens is 1. The zero-order valence-electron chi connectivity index (χ0n) is 12.4. The number of hydrogen-bond donors (Lipinski definition) is 1. The van der Waals surface area contributed by atoms with Crippen molar-refractivity contribution in [2.24, 2.45) is 0 Å². The normalized spacial score (nSPS) is 11.4. The zero-order chi connectivity index (χ0) is 15.6. The van der Waals surface area contributed by atoms with Crippen molar-refractivity contribution in [1.82, 2.24) is 4.98 Å². The van der Waals surface area contributed by atoms with E-state index in [1.54, 1.807) is 20.0 Å². The first-order chi connectivity index (χ1) is 10.5. The van der Waals surface area contributed by atoms with Crippen LogP contribution >= 0.6 is 11.3 Å². The Labute approximate surface area is 132 Å². The van der Waals surface area contributed by atoms with Crippen LogP contribution in [0.25, 0.3) is 10.8 Å². The molecule has 112 valence electrons. The fourth-order valence-electron chi connectivity index (χ4n) is 2.10. The van der Waals surface area contributed by atoms with Crippen molar-refractivity contribution in [3.8, 4) is 5.75 Å². The van der Waals surface area contributed by atoms with Crippen LogP contribution < -0.4 is 10.1 Å². The van der Waals surface area contributed by atoms with Crippen LogP contribution in [0.2, 0.25) is 0 Å². The van der Waals surface area contributed by atoms with Crippen molar-refractivity contribution >= 4 is 33.1 Å². The topological polar surface area (TPSA) is 51.2 Å². The van der Waals surface area contributed by atoms with Gasteiger partial charge in [-0.15, -0.1) is 11.3 Å². The molecule has 0 unspecified atom stereocenters. The molecule has 0 radical (unpaired) electrons. The van der Waals surface area contributed by atoms with Crippen molar-refractivity contribution < 1.29 is 9.53 Å². The van der Waals surface area contributed by atoms with Gasteiger partial charge < -0.3 is 4.74 Å². The highest BCUT2D eigenvalue weighted by Crippen LogP contribution is 2.25. The van der Waals surface area contributed by atoms with E-state index in [9.17, 15) is 4.79 Å². The van der Waals surface area contributed by atoms with Gasteiger partial charge in [-0.25, -0.2) is 4.98 Å². The van der Waals surface area contributed by atoms with Gasteiger partial charge in [0.25, 0.3) is 5.91 Å². The number of carbonyl (C=O) groups is 1. The summed E-state index contributed by atoms with van der Waals surface area (Å²) in [5.74, 6) is 0.439. The van der Waals surface area contributed by atoms with Crippen LogP contribution in [-0.2, 0) is 4.79 Å². The van der Waals surface area contributed by atoms with E-state index in [1.807, 2.05) is 47.8 Å². The Balaban J connectivity index is 1.78. The molecule has 0 aliphatic carbocycles. The summed E-state index contributed by atoms with van der Waals surface area (Å²) >= 11 is 1.38. The van der Waals surface area contributed by atoms with E-state index in [0.717, 1.165) is 10.8 Å². The number of thiazole rings is 1. The minimum absolute atomic E-state index is 0.226. The average molecular weight is 312 g/mol. The predicted molar refractivity (Wildman–Crippen MR) is 89.4 cm³/mol. The van der Waals surface area contributed by atoms with Crippen LogP contribution in [0.5, 0.6) is 5.75 Å². The highest BCUT2D eigenvalue weighted by atomic mass is 32.1. The fourth-order valence-corrected chi connectivity index (χ4v) is 2.63. The standard InChI is InChI=1S/C17H16N2O2S/c1-17(2,15(20)19-16-18-9-10-22-16)21-14-8-7-12-5-3-4-6-13(12)11-14/h3-11H,1-2H3,(H,18,19,20). The molecular formula is C17H16N2O2S. The van der Waals surface area contributed by atoms with Crippen molar-refractivity contribution in [3.63, 3.8) is 0 Å². The summed E-state index contributed by atoms with van der Waals surface area (Å²) in [6, 6.07) is 13.8. The van der Waals surface area contributed by atoms with E-state index in [-0.39, 0.29) is 5.91 Å². The lowest BCUT2D eigenvalue weighted by molar-refractivity contribution is -0.128. The molecule has 4 nitrogen and oxygen atoms in total. The van der Waals surface area contributed by atoms with E-state index in [4.69, 9.17) is 4.74 Å². The minimum atomic E-state index is -0.992. The number of nitrogens with one attached hydrogen (secondary N) is 1. The SMILES string of the molecule is CC(C)(Oc1ccc2ccccc2c1)C(=O)Nc1nccs1. The highest BCUT2D eigenvalue weighted by molar-refractivity contribution is 7.13. The number of amides is 1. The summed E-state index contributed by atoms with van der Waals surface area (Å²) in [5.41, 5.74) is -0.992. The van der Waals surface area contributed by atoms with Gasteiger partial charge in [0, 0.05) is 11.6 Å². The van der Waals surface area contributed by atoms with Crippen LogP contribution in [0.1, 0.15) is 13.8 Å². The third kappa shape index (κ3) is 3.09. The zero-order valence-corrected chi connectivity index (χ0v) is 13.2. The van der Waals surface area contributed by atoms with Crippen LogP contribution in [0.4, 0.5) is 5.13 Å². The Bertz CT molecular complexity index is 797. The molecule has 0 fully saturated rings. The minimum Gasteiger partial charge on any atom is -0.478 e. The molecular weight excluding hydrogens is 296 g/mol. The number of nitrogens with zero attached hydrogens (tertiary/aromatic N) is 1.